The van der Waals surface area contributed by atoms with Crippen LogP contribution in [0.4, 0.5) is 0 Å². The maximum Gasteiger partial charge on any atom is 0.341 e. The third kappa shape index (κ3) is 2.51. The fourth-order valence-electron chi connectivity index (χ4n) is 3.30. The molecule has 2 aliphatic rings. The van der Waals surface area contributed by atoms with Crippen LogP contribution in [0.3, 0.4) is 0 Å². The minimum Gasteiger partial charge on any atom is -0.477 e. The highest BCUT2D eigenvalue weighted by Crippen LogP contribution is 2.31. The number of hydrogen-bond donors (Lipinski definition) is 1. The Morgan fingerprint density at radius 3 is 2.85 bits per heavy atom. The topological polar surface area (TPSA) is 59.4 Å². The Morgan fingerprint density at radius 2 is 2.10 bits per heavy atom. The van der Waals surface area contributed by atoms with Gasteiger partial charge in [-0.2, -0.15) is 0 Å². The lowest BCUT2D eigenvalue weighted by Crippen LogP contribution is -2.29. The number of rotatable bonds is 3. The van der Waals surface area contributed by atoms with E-state index in [1.165, 1.54) is 6.42 Å². The Kier molecular flexibility index (Phi) is 3.64. The van der Waals surface area contributed by atoms with Crippen molar-refractivity contribution >= 4 is 5.97 Å². The van der Waals surface area contributed by atoms with Crippen LogP contribution in [-0.2, 0) is 12.8 Å². The number of carboxylic acid groups (broad SMARTS) is 1. The van der Waals surface area contributed by atoms with E-state index in [9.17, 15) is 9.90 Å². The number of fused-ring (bicyclic) bond motifs is 1. The van der Waals surface area contributed by atoms with Gasteiger partial charge in [0.25, 0.3) is 0 Å². The molecular formula is C16H21NO3. The molecule has 1 heterocycles. The van der Waals surface area contributed by atoms with Gasteiger partial charge in [-0.3, -0.25) is 0 Å². The molecule has 3 rings (SSSR count). The number of pyridine rings is 1. The second-order valence-corrected chi connectivity index (χ2v) is 6.02. The first kappa shape index (κ1) is 13.4. The summed E-state index contributed by atoms with van der Waals surface area (Å²) in [5.41, 5.74) is 2.32. The summed E-state index contributed by atoms with van der Waals surface area (Å²) in [5, 5.41) is 9.37. The predicted molar refractivity (Wildman–Crippen MR) is 75.3 cm³/mol. The van der Waals surface area contributed by atoms with E-state index in [-0.39, 0.29) is 11.7 Å². The molecule has 2 unspecified atom stereocenters. The first-order chi connectivity index (χ1) is 9.65. The van der Waals surface area contributed by atoms with Crippen molar-refractivity contribution < 1.29 is 14.6 Å². The second-order valence-electron chi connectivity index (χ2n) is 6.02. The minimum atomic E-state index is -0.939. The van der Waals surface area contributed by atoms with Crippen LogP contribution in [0.15, 0.2) is 6.07 Å². The summed E-state index contributed by atoms with van der Waals surface area (Å²) in [6.07, 6.45) is 7.58. The van der Waals surface area contributed by atoms with Crippen molar-refractivity contribution in [1.82, 2.24) is 4.98 Å². The Morgan fingerprint density at radius 1 is 1.30 bits per heavy atom. The first-order valence-electron chi connectivity index (χ1n) is 7.58. The van der Waals surface area contributed by atoms with Crippen molar-refractivity contribution in [2.24, 2.45) is 5.92 Å². The molecule has 1 saturated carbocycles. The molecule has 0 amide bonds. The average molecular weight is 275 g/mol. The lowest BCUT2D eigenvalue weighted by atomic mass is 9.88. The van der Waals surface area contributed by atoms with Crippen LogP contribution in [0.2, 0.25) is 0 Å². The summed E-state index contributed by atoms with van der Waals surface area (Å²) < 4.78 is 5.99. The molecule has 4 nitrogen and oxygen atoms in total. The quantitative estimate of drug-likeness (QED) is 0.920. The highest BCUT2D eigenvalue weighted by molar-refractivity contribution is 5.90. The van der Waals surface area contributed by atoms with Crippen LogP contribution in [0.5, 0.6) is 5.88 Å². The molecule has 2 aliphatic carbocycles. The standard InChI is InChI=1S/C16H21NO3/c1-10-5-2-3-8-14(10)20-15-12(16(18)19)9-11-6-4-7-13(11)17-15/h9-10,14H,2-8H2,1H3,(H,18,19). The molecule has 20 heavy (non-hydrogen) atoms. The molecule has 1 aromatic heterocycles. The number of carbonyl (C=O) groups is 1. The van der Waals surface area contributed by atoms with Crippen molar-refractivity contribution in [2.45, 2.75) is 58.0 Å². The van der Waals surface area contributed by atoms with Gasteiger partial charge in [-0.05, 0) is 56.1 Å². The maximum atomic E-state index is 11.4. The van der Waals surface area contributed by atoms with E-state index in [0.29, 0.717) is 11.8 Å². The van der Waals surface area contributed by atoms with Gasteiger partial charge < -0.3 is 9.84 Å². The maximum absolute atomic E-state index is 11.4. The van der Waals surface area contributed by atoms with Crippen molar-refractivity contribution in [2.75, 3.05) is 0 Å². The van der Waals surface area contributed by atoms with E-state index in [0.717, 1.165) is 49.8 Å². The number of hydrogen-bond acceptors (Lipinski definition) is 3. The summed E-state index contributed by atoms with van der Waals surface area (Å²) in [4.78, 5) is 15.9. The second kappa shape index (κ2) is 5.43. The van der Waals surface area contributed by atoms with Crippen molar-refractivity contribution in [3.05, 3.63) is 22.9 Å². The highest BCUT2D eigenvalue weighted by atomic mass is 16.5. The Hall–Kier alpha value is -1.58. The minimum absolute atomic E-state index is 0.105. The summed E-state index contributed by atoms with van der Waals surface area (Å²) in [7, 11) is 0. The monoisotopic (exact) mass is 275 g/mol. The Balaban J connectivity index is 1.89. The smallest absolute Gasteiger partial charge is 0.341 e. The van der Waals surface area contributed by atoms with Gasteiger partial charge in [0, 0.05) is 5.69 Å². The van der Waals surface area contributed by atoms with Gasteiger partial charge in [0.15, 0.2) is 0 Å². The van der Waals surface area contributed by atoms with Gasteiger partial charge in [0.05, 0.1) is 0 Å². The first-order valence-corrected chi connectivity index (χ1v) is 7.58. The van der Waals surface area contributed by atoms with E-state index >= 15 is 0 Å². The van der Waals surface area contributed by atoms with Gasteiger partial charge in [-0.1, -0.05) is 13.3 Å². The van der Waals surface area contributed by atoms with Gasteiger partial charge in [-0.15, -0.1) is 0 Å². The van der Waals surface area contributed by atoms with Gasteiger partial charge in [0.1, 0.15) is 11.7 Å². The van der Waals surface area contributed by atoms with E-state index in [4.69, 9.17) is 4.74 Å². The summed E-state index contributed by atoms with van der Waals surface area (Å²) in [6, 6.07) is 1.76. The third-order valence-corrected chi connectivity index (χ3v) is 4.54. The van der Waals surface area contributed by atoms with Crippen LogP contribution in [0, 0.1) is 5.92 Å². The number of aryl methyl sites for hydroxylation is 2. The molecule has 4 heteroatoms. The van der Waals surface area contributed by atoms with Crippen LogP contribution < -0.4 is 4.74 Å². The van der Waals surface area contributed by atoms with E-state index < -0.39 is 5.97 Å². The lowest BCUT2D eigenvalue weighted by molar-refractivity contribution is 0.0666. The zero-order chi connectivity index (χ0) is 14.1. The number of nitrogens with zero attached hydrogens (tertiary/aromatic N) is 1. The largest absolute Gasteiger partial charge is 0.477 e. The summed E-state index contributed by atoms with van der Waals surface area (Å²) in [6.45, 7) is 2.18. The summed E-state index contributed by atoms with van der Waals surface area (Å²) >= 11 is 0. The third-order valence-electron chi connectivity index (χ3n) is 4.54. The molecule has 1 aromatic rings. The van der Waals surface area contributed by atoms with Gasteiger partial charge >= 0.3 is 5.97 Å². The molecule has 0 saturated heterocycles. The van der Waals surface area contributed by atoms with E-state index in [1.54, 1.807) is 6.07 Å². The fourth-order valence-corrected chi connectivity index (χ4v) is 3.30. The number of aromatic nitrogens is 1. The molecule has 2 atom stereocenters. The van der Waals surface area contributed by atoms with Crippen LogP contribution in [0.1, 0.15) is 60.6 Å². The molecule has 1 N–H and O–H groups in total. The summed E-state index contributed by atoms with van der Waals surface area (Å²) in [5.74, 6) is -0.136. The molecule has 0 bridgehead atoms. The predicted octanol–water partition coefficient (Wildman–Crippen LogP) is 3.23. The molecule has 0 aromatic carbocycles. The van der Waals surface area contributed by atoms with Gasteiger partial charge in [0.2, 0.25) is 5.88 Å². The SMILES string of the molecule is CC1CCCCC1Oc1nc2c(cc1C(=O)O)CCC2. The van der Waals surface area contributed by atoms with E-state index in [1.807, 2.05) is 0 Å². The van der Waals surface area contributed by atoms with Crippen molar-refractivity contribution in [1.29, 1.82) is 0 Å². The molecule has 0 aliphatic heterocycles. The number of aromatic carboxylic acids is 1. The average Bonchev–Trinajstić information content (AvgIpc) is 2.87. The lowest BCUT2D eigenvalue weighted by Gasteiger charge is -2.29. The van der Waals surface area contributed by atoms with Crippen molar-refractivity contribution in [3.63, 3.8) is 0 Å². The zero-order valence-electron chi connectivity index (χ0n) is 11.9. The van der Waals surface area contributed by atoms with Crippen LogP contribution >= 0.6 is 0 Å². The van der Waals surface area contributed by atoms with E-state index in [2.05, 4.69) is 11.9 Å². The van der Waals surface area contributed by atoms with Crippen molar-refractivity contribution in [3.8, 4) is 5.88 Å². The molecule has 1 fully saturated rings. The van der Waals surface area contributed by atoms with Crippen LogP contribution in [0.25, 0.3) is 0 Å². The fraction of sp³-hybridized carbons (Fsp3) is 0.625. The Labute approximate surface area is 119 Å². The number of carboxylic acids is 1. The van der Waals surface area contributed by atoms with Gasteiger partial charge in [-0.25, -0.2) is 9.78 Å². The zero-order valence-corrected chi connectivity index (χ0v) is 11.9. The molecule has 108 valence electrons. The van der Waals surface area contributed by atoms with Crippen LogP contribution in [-0.4, -0.2) is 22.2 Å². The molecular weight excluding hydrogens is 254 g/mol. The molecule has 0 radical (unpaired) electrons. The molecule has 0 spiro atoms. The normalized spacial score (nSPS) is 25.2. The number of ether oxygens (including phenoxy) is 1. The Bertz CT molecular complexity index is 527. The highest BCUT2D eigenvalue weighted by Gasteiger charge is 2.27.